The van der Waals surface area contributed by atoms with Crippen molar-refractivity contribution in [3.05, 3.63) is 28.8 Å². The van der Waals surface area contributed by atoms with Crippen molar-refractivity contribution in [2.24, 2.45) is 0 Å². The van der Waals surface area contributed by atoms with E-state index >= 15 is 0 Å². The largest absolute Gasteiger partial charge is 0.414 e. The predicted octanol–water partition coefficient (Wildman–Crippen LogP) is 1.76. The molecule has 0 bridgehead atoms. The van der Waals surface area contributed by atoms with Crippen molar-refractivity contribution in [2.75, 3.05) is 7.05 Å². The Bertz CT molecular complexity index is 599. The van der Waals surface area contributed by atoms with E-state index in [0.29, 0.717) is 0 Å². The van der Waals surface area contributed by atoms with Gasteiger partial charge < -0.3 is 10.1 Å². The highest BCUT2D eigenvalue weighted by Crippen LogP contribution is 2.24. The highest BCUT2D eigenvalue weighted by atomic mass is 35.7. The van der Waals surface area contributed by atoms with Gasteiger partial charge in [-0.2, -0.15) is 0 Å². The predicted molar refractivity (Wildman–Crippen MR) is 64.4 cm³/mol. The van der Waals surface area contributed by atoms with E-state index in [9.17, 15) is 18.0 Å². The summed E-state index contributed by atoms with van der Waals surface area (Å²) in [7, 11) is 2.24. The van der Waals surface area contributed by atoms with Gasteiger partial charge in [0.15, 0.2) is 0 Å². The van der Waals surface area contributed by atoms with Crippen LogP contribution in [0.3, 0.4) is 0 Å². The number of hydrogen-bond donors (Lipinski definition) is 1. The molecule has 18 heavy (non-hydrogen) atoms. The molecule has 0 aromatic heterocycles. The van der Waals surface area contributed by atoms with Crippen LogP contribution in [0.1, 0.15) is 10.4 Å². The van der Waals surface area contributed by atoms with Crippen LogP contribution in [0.15, 0.2) is 23.1 Å². The number of carbonyl (C=O) groups excluding carboxylic acids is 2. The van der Waals surface area contributed by atoms with Crippen molar-refractivity contribution in [2.45, 2.75) is 4.90 Å². The van der Waals surface area contributed by atoms with Crippen LogP contribution in [0, 0.1) is 0 Å². The molecule has 0 saturated heterocycles. The number of hydrogen-bond acceptors (Lipinski definition) is 5. The fraction of sp³-hybridized carbons (Fsp3) is 0.111. The van der Waals surface area contributed by atoms with Gasteiger partial charge in [-0.25, -0.2) is 18.0 Å². The fourth-order valence-corrected chi connectivity index (χ4v) is 2.28. The third kappa shape index (κ3) is 3.59. The molecule has 0 heterocycles. The van der Waals surface area contributed by atoms with Gasteiger partial charge in [-0.05, 0) is 18.2 Å². The number of carbonyl (C=O) groups is 2. The Balaban J connectivity index is 3.26. The summed E-state index contributed by atoms with van der Waals surface area (Å²) in [6, 6.07) is 3.33. The summed E-state index contributed by atoms with van der Waals surface area (Å²) in [4.78, 5) is 22.0. The number of rotatable bonds is 2. The molecular weight excluding hydrogens is 305 g/mol. The molecule has 0 spiro atoms. The molecule has 1 amide bonds. The van der Waals surface area contributed by atoms with Crippen molar-refractivity contribution >= 4 is 43.4 Å². The molecule has 6 nitrogen and oxygen atoms in total. The topological polar surface area (TPSA) is 89.5 Å². The van der Waals surface area contributed by atoms with Crippen molar-refractivity contribution in [3.8, 4) is 0 Å². The Kier molecular flexibility index (Phi) is 4.55. The van der Waals surface area contributed by atoms with E-state index in [1.54, 1.807) is 0 Å². The zero-order valence-electron chi connectivity index (χ0n) is 8.94. The second-order valence-electron chi connectivity index (χ2n) is 3.01. The normalized spacial score (nSPS) is 10.8. The van der Waals surface area contributed by atoms with Gasteiger partial charge in [0.05, 0.1) is 10.5 Å². The second-order valence-corrected chi connectivity index (χ2v) is 5.98. The van der Waals surface area contributed by atoms with Crippen molar-refractivity contribution in [1.82, 2.24) is 5.32 Å². The van der Waals surface area contributed by atoms with Crippen molar-refractivity contribution in [3.63, 3.8) is 0 Å². The van der Waals surface area contributed by atoms with Gasteiger partial charge >= 0.3 is 12.1 Å². The number of halogens is 2. The number of benzene rings is 1. The SMILES string of the molecule is CNC(=O)OC(=O)c1cc(Cl)ccc1S(=O)(=O)Cl. The Morgan fingerprint density at radius 1 is 1.33 bits per heavy atom. The van der Waals surface area contributed by atoms with E-state index in [4.69, 9.17) is 22.3 Å². The molecule has 0 unspecified atom stereocenters. The Morgan fingerprint density at radius 2 is 1.94 bits per heavy atom. The number of ether oxygens (including phenoxy) is 1. The van der Waals surface area contributed by atoms with Gasteiger partial charge in [-0.15, -0.1) is 0 Å². The van der Waals surface area contributed by atoms with Crippen LogP contribution >= 0.6 is 22.3 Å². The zero-order chi connectivity index (χ0) is 13.9. The third-order valence-corrected chi connectivity index (χ3v) is 3.43. The Labute approximate surface area is 112 Å². The molecule has 0 aliphatic carbocycles. The monoisotopic (exact) mass is 311 g/mol. The van der Waals surface area contributed by atoms with E-state index in [2.05, 4.69) is 4.74 Å². The molecule has 0 aliphatic rings. The van der Waals surface area contributed by atoms with Gasteiger partial charge in [-0.1, -0.05) is 11.6 Å². The number of alkyl carbamates (subject to hydrolysis) is 1. The first kappa shape index (κ1) is 14.7. The lowest BCUT2D eigenvalue weighted by Crippen LogP contribution is -2.23. The van der Waals surface area contributed by atoms with E-state index in [1.165, 1.54) is 13.1 Å². The molecule has 0 aliphatic heterocycles. The van der Waals surface area contributed by atoms with E-state index in [-0.39, 0.29) is 5.02 Å². The van der Waals surface area contributed by atoms with Gasteiger partial charge in [-0.3, -0.25) is 0 Å². The molecule has 0 atom stereocenters. The summed E-state index contributed by atoms with van der Waals surface area (Å²) < 4.78 is 26.8. The summed E-state index contributed by atoms with van der Waals surface area (Å²) in [5.74, 6) is -1.17. The maximum absolute atomic E-state index is 11.6. The van der Waals surface area contributed by atoms with E-state index < -0.39 is 31.6 Å². The van der Waals surface area contributed by atoms with Crippen LogP contribution < -0.4 is 5.32 Å². The maximum atomic E-state index is 11.6. The summed E-state index contributed by atoms with van der Waals surface area (Å²) in [5, 5.41) is 2.14. The number of amides is 1. The van der Waals surface area contributed by atoms with Gasteiger partial charge in [0.25, 0.3) is 9.05 Å². The second kappa shape index (κ2) is 5.55. The van der Waals surface area contributed by atoms with E-state index in [0.717, 1.165) is 12.1 Å². The summed E-state index contributed by atoms with van der Waals surface area (Å²) >= 11 is 5.64. The highest BCUT2D eigenvalue weighted by Gasteiger charge is 2.23. The lowest BCUT2D eigenvalue weighted by molar-refractivity contribution is 0.0621. The molecule has 1 rings (SSSR count). The van der Waals surface area contributed by atoms with Crippen LogP contribution in [-0.2, 0) is 13.8 Å². The summed E-state index contributed by atoms with van der Waals surface area (Å²) in [5.41, 5.74) is -0.416. The minimum Gasteiger partial charge on any atom is -0.373 e. The first-order chi connectivity index (χ1) is 8.25. The molecule has 0 radical (unpaired) electrons. The minimum atomic E-state index is -4.16. The van der Waals surface area contributed by atoms with Crippen LogP contribution in [0.5, 0.6) is 0 Å². The quantitative estimate of drug-likeness (QED) is 0.510. The van der Waals surface area contributed by atoms with Gasteiger partial charge in [0, 0.05) is 22.8 Å². The molecule has 9 heteroatoms. The average Bonchev–Trinajstić information content (AvgIpc) is 2.26. The maximum Gasteiger partial charge on any atom is 0.414 e. The van der Waals surface area contributed by atoms with E-state index in [1.807, 2.05) is 5.32 Å². The molecule has 1 N–H and O–H groups in total. The zero-order valence-corrected chi connectivity index (χ0v) is 11.3. The first-order valence-corrected chi connectivity index (χ1v) is 7.12. The standard InChI is InChI=1S/C9H7Cl2NO5S/c1-12-9(14)17-8(13)6-4-5(10)2-3-7(6)18(11,15)16/h2-4H,1H3,(H,12,14). The smallest absolute Gasteiger partial charge is 0.373 e. The summed E-state index contributed by atoms with van der Waals surface area (Å²) in [6.07, 6.45) is -1.03. The van der Waals surface area contributed by atoms with Crippen molar-refractivity contribution < 1.29 is 22.7 Å². The van der Waals surface area contributed by atoms with Crippen LogP contribution in [0.4, 0.5) is 4.79 Å². The number of nitrogens with one attached hydrogen (secondary N) is 1. The van der Waals surface area contributed by atoms with Crippen LogP contribution in [0.25, 0.3) is 0 Å². The fourth-order valence-electron chi connectivity index (χ4n) is 1.06. The molecule has 1 aromatic rings. The molecular formula is C9H7Cl2NO5S. The molecule has 0 saturated carbocycles. The minimum absolute atomic E-state index is 0.0999. The highest BCUT2D eigenvalue weighted by molar-refractivity contribution is 8.13. The third-order valence-electron chi connectivity index (χ3n) is 1.81. The Morgan fingerprint density at radius 3 is 2.44 bits per heavy atom. The molecule has 1 aromatic carbocycles. The van der Waals surface area contributed by atoms with Crippen LogP contribution in [-0.4, -0.2) is 27.5 Å². The number of esters is 1. The average molecular weight is 312 g/mol. The lowest BCUT2D eigenvalue weighted by Gasteiger charge is -2.06. The van der Waals surface area contributed by atoms with Crippen molar-refractivity contribution in [1.29, 1.82) is 0 Å². The summed E-state index contributed by atoms with van der Waals surface area (Å²) in [6.45, 7) is 0. The molecule has 0 fully saturated rings. The Hall–Kier alpha value is -1.31. The van der Waals surface area contributed by atoms with Crippen LogP contribution in [0.2, 0.25) is 5.02 Å². The van der Waals surface area contributed by atoms with Gasteiger partial charge in [0.2, 0.25) is 0 Å². The lowest BCUT2D eigenvalue weighted by atomic mass is 10.2. The molecule has 98 valence electrons. The first-order valence-electron chi connectivity index (χ1n) is 4.44. The van der Waals surface area contributed by atoms with Gasteiger partial charge in [0.1, 0.15) is 0 Å².